The van der Waals surface area contributed by atoms with Gasteiger partial charge in [-0.05, 0) is 29.8 Å². The Morgan fingerprint density at radius 2 is 1.96 bits per heavy atom. The lowest BCUT2D eigenvalue weighted by Gasteiger charge is -2.14. The van der Waals surface area contributed by atoms with E-state index in [4.69, 9.17) is 0 Å². The molecule has 0 fully saturated rings. The Bertz CT molecular complexity index is 1030. The van der Waals surface area contributed by atoms with Gasteiger partial charge < -0.3 is 10.1 Å². The van der Waals surface area contributed by atoms with Gasteiger partial charge in [0.05, 0.1) is 4.90 Å². The molecule has 0 aliphatic heterocycles. The van der Waals surface area contributed by atoms with Crippen LogP contribution in [0.25, 0.3) is 10.9 Å². The van der Waals surface area contributed by atoms with E-state index in [1.807, 2.05) is 24.3 Å². The Morgan fingerprint density at radius 3 is 2.68 bits per heavy atom. The van der Waals surface area contributed by atoms with Gasteiger partial charge in [-0.25, -0.2) is 12.8 Å². The Morgan fingerprint density at radius 1 is 1.20 bits per heavy atom. The van der Waals surface area contributed by atoms with Crippen LogP contribution in [0.2, 0.25) is 0 Å². The molecule has 0 bridgehead atoms. The van der Waals surface area contributed by atoms with Crippen molar-refractivity contribution in [3.05, 3.63) is 66.1 Å². The van der Waals surface area contributed by atoms with Gasteiger partial charge in [0.2, 0.25) is 10.0 Å². The Hall–Kier alpha value is -2.71. The minimum atomic E-state index is -4.16. The molecule has 1 aromatic heterocycles. The fraction of sp³-hybridized carbons (Fsp3) is 0.118. The number of hydrogen-bond donors (Lipinski definition) is 3. The quantitative estimate of drug-likeness (QED) is 0.626. The van der Waals surface area contributed by atoms with E-state index in [2.05, 4.69) is 9.71 Å². The number of fused-ring (bicyclic) bond motifs is 1. The van der Waals surface area contributed by atoms with Gasteiger partial charge in [-0.2, -0.15) is 4.72 Å². The molecule has 0 spiro atoms. The number of nitrogens with one attached hydrogen (secondary N) is 2. The summed E-state index contributed by atoms with van der Waals surface area (Å²) < 4.78 is 40.1. The average Bonchev–Trinajstić information content (AvgIpc) is 2.97. The van der Waals surface area contributed by atoms with Crippen molar-refractivity contribution in [3.8, 4) is 0 Å². The van der Waals surface area contributed by atoms with Crippen molar-refractivity contribution in [3.63, 3.8) is 0 Å². The van der Waals surface area contributed by atoms with Gasteiger partial charge in [0.1, 0.15) is 11.9 Å². The predicted molar refractivity (Wildman–Crippen MR) is 90.1 cm³/mol. The highest BCUT2D eigenvalue weighted by atomic mass is 32.2. The average molecular weight is 362 g/mol. The van der Waals surface area contributed by atoms with E-state index in [1.54, 1.807) is 6.20 Å². The van der Waals surface area contributed by atoms with E-state index < -0.39 is 27.9 Å². The minimum absolute atomic E-state index is 0.0477. The molecule has 130 valence electrons. The number of carboxylic acid groups (broad SMARTS) is 1. The van der Waals surface area contributed by atoms with Crippen LogP contribution in [-0.4, -0.2) is 30.5 Å². The maximum Gasteiger partial charge on any atom is 0.322 e. The van der Waals surface area contributed by atoms with Gasteiger partial charge in [-0.15, -0.1) is 0 Å². The molecule has 2 aromatic carbocycles. The lowest BCUT2D eigenvalue weighted by atomic mass is 10.1. The van der Waals surface area contributed by atoms with E-state index in [1.165, 1.54) is 12.1 Å². The van der Waals surface area contributed by atoms with Gasteiger partial charge in [-0.3, -0.25) is 4.79 Å². The second kappa shape index (κ2) is 6.66. The minimum Gasteiger partial charge on any atom is -0.480 e. The van der Waals surface area contributed by atoms with Crippen LogP contribution < -0.4 is 4.72 Å². The van der Waals surface area contributed by atoms with Crippen molar-refractivity contribution < 1.29 is 22.7 Å². The van der Waals surface area contributed by atoms with E-state index in [-0.39, 0.29) is 11.3 Å². The molecule has 0 radical (unpaired) electrons. The smallest absolute Gasteiger partial charge is 0.322 e. The highest BCUT2D eigenvalue weighted by molar-refractivity contribution is 7.89. The van der Waals surface area contributed by atoms with E-state index in [0.717, 1.165) is 23.0 Å². The molecule has 0 aliphatic rings. The second-order valence-electron chi connectivity index (χ2n) is 5.53. The largest absolute Gasteiger partial charge is 0.480 e. The van der Waals surface area contributed by atoms with Crippen LogP contribution in [0.5, 0.6) is 0 Å². The summed E-state index contributed by atoms with van der Waals surface area (Å²) in [5, 5.41) is 10.2. The second-order valence-corrected chi connectivity index (χ2v) is 7.25. The SMILES string of the molecule is O=C(O)C(Cc1c[nH]c2ccccc12)NS(=O)(=O)c1cccc(F)c1. The maximum absolute atomic E-state index is 13.3. The lowest BCUT2D eigenvalue weighted by Crippen LogP contribution is -2.42. The van der Waals surface area contributed by atoms with Gasteiger partial charge in [0, 0.05) is 23.5 Å². The number of carbonyl (C=O) groups is 1. The molecule has 1 heterocycles. The molecule has 8 heteroatoms. The summed E-state index contributed by atoms with van der Waals surface area (Å²) >= 11 is 0. The molecule has 3 N–H and O–H groups in total. The number of halogens is 1. The van der Waals surface area contributed by atoms with Crippen molar-refractivity contribution in [1.82, 2.24) is 9.71 Å². The van der Waals surface area contributed by atoms with Crippen LogP contribution in [0.1, 0.15) is 5.56 Å². The van der Waals surface area contributed by atoms with Crippen LogP contribution in [0.4, 0.5) is 4.39 Å². The van der Waals surface area contributed by atoms with Crippen LogP contribution in [0.15, 0.2) is 59.6 Å². The molecule has 25 heavy (non-hydrogen) atoms. The molecule has 1 unspecified atom stereocenters. The summed E-state index contributed by atoms with van der Waals surface area (Å²) in [6.45, 7) is 0. The first-order valence-electron chi connectivity index (χ1n) is 7.42. The third-order valence-corrected chi connectivity index (χ3v) is 5.27. The van der Waals surface area contributed by atoms with E-state index in [0.29, 0.717) is 5.56 Å². The predicted octanol–water partition coefficient (Wildman–Crippen LogP) is 2.28. The molecular formula is C17H15FN2O4S. The van der Waals surface area contributed by atoms with Crippen LogP contribution in [0.3, 0.4) is 0 Å². The molecule has 6 nitrogen and oxygen atoms in total. The normalized spacial score (nSPS) is 13.0. The van der Waals surface area contributed by atoms with Gasteiger partial charge >= 0.3 is 5.97 Å². The monoisotopic (exact) mass is 362 g/mol. The third kappa shape index (κ3) is 3.70. The van der Waals surface area contributed by atoms with Crippen LogP contribution in [0, 0.1) is 5.82 Å². The highest BCUT2D eigenvalue weighted by Gasteiger charge is 2.26. The number of hydrogen-bond acceptors (Lipinski definition) is 3. The summed E-state index contributed by atoms with van der Waals surface area (Å²) in [4.78, 5) is 14.2. The van der Waals surface area contributed by atoms with Gasteiger partial charge in [0.25, 0.3) is 0 Å². The highest BCUT2D eigenvalue weighted by Crippen LogP contribution is 2.20. The number of aliphatic carboxylic acids is 1. The van der Waals surface area contributed by atoms with Gasteiger partial charge in [-0.1, -0.05) is 24.3 Å². The summed E-state index contributed by atoms with van der Waals surface area (Å²) in [5.41, 5.74) is 1.50. The molecule has 0 amide bonds. The number of para-hydroxylation sites is 1. The Kier molecular flexibility index (Phi) is 4.56. The Labute approximate surface area is 143 Å². The zero-order valence-corrected chi connectivity index (χ0v) is 13.8. The fourth-order valence-corrected chi connectivity index (χ4v) is 3.81. The standard InChI is InChI=1S/C17H15FN2O4S/c18-12-4-3-5-13(9-12)25(23,24)20-16(17(21)22)8-11-10-19-15-7-2-1-6-14(11)15/h1-7,9-10,16,19-20H,8H2,(H,21,22). The van der Waals surface area contributed by atoms with Crippen LogP contribution in [-0.2, 0) is 21.2 Å². The number of aromatic nitrogens is 1. The number of H-pyrrole nitrogens is 1. The van der Waals surface area contributed by atoms with Crippen LogP contribution >= 0.6 is 0 Å². The number of benzene rings is 2. The molecule has 1 atom stereocenters. The van der Waals surface area contributed by atoms with Crippen molar-refractivity contribution in [1.29, 1.82) is 0 Å². The number of sulfonamides is 1. The summed E-state index contributed by atoms with van der Waals surface area (Å²) in [5.74, 6) is -2.03. The van der Waals surface area contributed by atoms with E-state index in [9.17, 15) is 22.7 Å². The molecule has 3 aromatic rings. The lowest BCUT2D eigenvalue weighted by molar-refractivity contribution is -0.138. The topological polar surface area (TPSA) is 99.3 Å². The van der Waals surface area contributed by atoms with Crippen molar-refractivity contribution in [2.75, 3.05) is 0 Å². The third-order valence-electron chi connectivity index (χ3n) is 3.80. The van der Waals surface area contributed by atoms with E-state index >= 15 is 0 Å². The fourth-order valence-electron chi connectivity index (χ4n) is 2.59. The molecule has 0 saturated carbocycles. The number of rotatable bonds is 6. The maximum atomic E-state index is 13.3. The van der Waals surface area contributed by atoms with Crippen molar-refractivity contribution in [2.45, 2.75) is 17.4 Å². The summed E-state index contributed by atoms with van der Waals surface area (Å²) in [7, 11) is -4.16. The molecule has 0 saturated heterocycles. The molecular weight excluding hydrogens is 347 g/mol. The van der Waals surface area contributed by atoms with Gasteiger partial charge in [0.15, 0.2) is 0 Å². The van der Waals surface area contributed by atoms with Crippen molar-refractivity contribution in [2.24, 2.45) is 0 Å². The number of carboxylic acids is 1. The zero-order chi connectivity index (χ0) is 18.0. The molecule has 0 aliphatic carbocycles. The summed E-state index contributed by atoms with van der Waals surface area (Å²) in [6, 6.07) is 10.3. The first kappa shape index (κ1) is 17.1. The first-order chi connectivity index (χ1) is 11.9. The summed E-state index contributed by atoms with van der Waals surface area (Å²) in [6.07, 6.45) is 1.60. The molecule has 3 rings (SSSR count). The first-order valence-corrected chi connectivity index (χ1v) is 8.91. The van der Waals surface area contributed by atoms with Crippen molar-refractivity contribution >= 4 is 26.9 Å². The number of aromatic amines is 1. The zero-order valence-electron chi connectivity index (χ0n) is 12.9. The Balaban J connectivity index is 1.88.